The third kappa shape index (κ3) is 5.74. The predicted molar refractivity (Wildman–Crippen MR) is 79.6 cm³/mol. The minimum absolute atomic E-state index is 0.0675. The molecule has 0 aliphatic heterocycles. The Balaban J connectivity index is 1.74. The zero-order valence-corrected chi connectivity index (χ0v) is 12.7. The fourth-order valence-electron chi connectivity index (χ4n) is 2.85. The van der Waals surface area contributed by atoms with Gasteiger partial charge < -0.3 is 9.47 Å². The van der Waals surface area contributed by atoms with Gasteiger partial charge in [-0.2, -0.15) is 0 Å². The summed E-state index contributed by atoms with van der Waals surface area (Å²) in [6.45, 7) is 1.77. The minimum atomic E-state index is -0.334. The van der Waals surface area contributed by atoms with Crippen molar-refractivity contribution in [2.75, 3.05) is 0 Å². The molecule has 0 aromatic rings. The highest BCUT2D eigenvalue weighted by Crippen LogP contribution is 2.22. The maximum Gasteiger partial charge on any atom is 0.331 e. The van der Waals surface area contributed by atoms with E-state index in [1.165, 1.54) is 12.2 Å². The first-order chi connectivity index (χ1) is 10.1. The first-order valence-corrected chi connectivity index (χ1v) is 7.91. The molecule has 0 saturated heterocycles. The van der Waals surface area contributed by atoms with Gasteiger partial charge >= 0.3 is 11.9 Å². The SMILES string of the molecule is CC(=C/C(=O)OC1CCCC1)/C=C/C(=O)OC1CCCC1. The second-order valence-corrected chi connectivity index (χ2v) is 5.91. The van der Waals surface area contributed by atoms with Crippen molar-refractivity contribution in [1.29, 1.82) is 0 Å². The molecular weight excluding hydrogens is 268 g/mol. The molecule has 0 unspecified atom stereocenters. The lowest BCUT2D eigenvalue weighted by Crippen LogP contribution is -2.13. The Hall–Kier alpha value is -1.58. The quantitative estimate of drug-likeness (QED) is 0.442. The number of rotatable bonds is 5. The van der Waals surface area contributed by atoms with E-state index < -0.39 is 0 Å². The van der Waals surface area contributed by atoms with Crippen LogP contribution in [0.15, 0.2) is 23.8 Å². The molecule has 0 atom stereocenters. The van der Waals surface area contributed by atoms with Crippen molar-refractivity contribution in [3.8, 4) is 0 Å². The van der Waals surface area contributed by atoms with Crippen LogP contribution in [0.5, 0.6) is 0 Å². The Morgan fingerprint density at radius 2 is 1.29 bits per heavy atom. The lowest BCUT2D eigenvalue weighted by atomic mass is 10.2. The van der Waals surface area contributed by atoms with Crippen LogP contribution in [0.3, 0.4) is 0 Å². The van der Waals surface area contributed by atoms with Gasteiger partial charge in [0.25, 0.3) is 0 Å². The van der Waals surface area contributed by atoms with Gasteiger partial charge in [0.2, 0.25) is 0 Å². The molecule has 2 saturated carbocycles. The molecule has 4 heteroatoms. The molecule has 116 valence electrons. The molecule has 0 bridgehead atoms. The molecule has 0 N–H and O–H groups in total. The van der Waals surface area contributed by atoms with Crippen LogP contribution in [0.2, 0.25) is 0 Å². The van der Waals surface area contributed by atoms with Crippen LogP contribution in [-0.4, -0.2) is 24.1 Å². The number of allylic oxidation sites excluding steroid dienone is 2. The molecule has 2 rings (SSSR count). The van der Waals surface area contributed by atoms with Crippen molar-refractivity contribution in [3.05, 3.63) is 23.8 Å². The normalized spacial score (nSPS) is 21.1. The lowest BCUT2D eigenvalue weighted by Gasteiger charge is -2.09. The molecule has 0 heterocycles. The van der Waals surface area contributed by atoms with Crippen LogP contribution in [0.4, 0.5) is 0 Å². The van der Waals surface area contributed by atoms with Gasteiger partial charge in [0, 0.05) is 12.2 Å². The number of hydrogen-bond acceptors (Lipinski definition) is 4. The van der Waals surface area contributed by atoms with Gasteiger partial charge in [-0.3, -0.25) is 0 Å². The second-order valence-electron chi connectivity index (χ2n) is 5.91. The van der Waals surface area contributed by atoms with Gasteiger partial charge in [-0.15, -0.1) is 0 Å². The summed E-state index contributed by atoms with van der Waals surface area (Å²) in [6, 6.07) is 0. The molecule has 0 amide bonds. The van der Waals surface area contributed by atoms with Gasteiger partial charge in [0.05, 0.1) is 0 Å². The maximum atomic E-state index is 11.7. The first kappa shape index (κ1) is 15.8. The van der Waals surface area contributed by atoms with Crippen LogP contribution in [0, 0.1) is 0 Å². The van der Waals surface area contributed by atoms with Gasteiger partial charge in [0.1, 0.15) is 12.2 Å². The summed E-state index contributed by atoms with van der Waals surface area (Å²) in [4.78, 5) is 23.3. The van der Waals surface area contributed by atoms with Crippen LogP contribution in [0.1, 0.15) is 58.3 Å². The maximum absolute atomic E-state index is 11.7. The molecule has 2 aliphatic rings. The summed E-state index contributed by atoms with van der Waals surface area (Å²) in [6.07, 6.45) is 12.9. The molecule has 0 spiro atoms. The first-order valence-electron chi connectivity index (χ1n) is 7.91. The molecule has 4 nitrogen and oxygen atoms in total. The minimum Gasteiger partial charge on any atom is -0.459 e. The van der Waals surface area contributed by atoms with E-state index in [0.717, 1.165) is 51.4 Å². The number of carbonyl (C=O) groups is 2. The summed E-state index contributed by atoms with van der Waals surface area (Å²) in [5, 5.41) is 0. The zero-order chi connectivity index (χ0) is 15.1. The summed E-state index contributed by atoms with van der Waals surface area (Å²) < 4.78 is 10.6. The number of ether oxygens (including phenoxy) is 2. The van der Waals surface area contributed by atoms with Gasteiger partial charge in [0.15, 0.2) is 0 Å². The van der Waals surface area contributed by atoms with E-state index in [0.29, 0.717) is 5.57 Å². The largest absolute Gasteiger partial charge is 0.459 e. The molecule has 2 aliphatic carbocycles. The van der Waals surface area contributed by atoms with Crippen LogP contribution >= 0.6 is 0 Å². The topological polar surface area (TPSA) is 52.6 Å². The molecule has 0 aromatic heterocycles. The number of carbonyl (C=O) groups excluding carboxylic acids is 2. The molecular formula is C17H24O4. The van der Waals surface area contributed by atoms with Crippen LogP contribution in [0.25, 0.3) is 0 Å². The van der Waals surface area contributed by atoms with E-state index in [9.17, 15) is 9.59 Å². The second kappa shape index (κ2) is 8.01. The van der Waals surface area contributed by atoms with Crippen molar-refractivity contribution in [2.45, 2.75) is 70.5 Å². The van der Waals surface area contributed by atoms with Crippen molar-refractivity contribution in [1.82, 2.24) is 0 Å². The van der Waals surface area contributed by atoms with Gasteiger partial charge in [-0.1, -0.05) is 6.08 Å². The summed E-state index contributed by atoms with van der Waals surface area (Å²) in [7, 11) is 0. The van der Waals surface area contributed by atoms with E-state index in [4.69, 9.17) is 9.47 Å². The van der Waals surface area contributed by atoms with Crippen molar-refractivity contribution in [2.24, 2.45) is 0 Å². The summed E-state index contributed by atoms with van der Waals surface area (Å²) in [5.74, 6) is -0.660. The highest BCUT2D eigenvalue weighted by atomic mass is 16.5. The third-order valence-electron chi connectivity index (χ3n) is 4.00. The zero-order valence-electron chi connectivity index (χ0n) is 12.7. The Morgan fingerprint density at radius 3 is 1.81 bits per heavy atom. The van der Waals surface area contributed by atoms with E-state index >= 15 is 0 Å². The predicted octanol–water partition coefficient (Wildman–Crippen LogP) is 3.46. The Bertz CT molecular complexity index is 424. The van der Waals surface area contributed by atoms with E-state index in [2.05, 4.69) is 0 Å². The standard InChI is InChI=1S/C17H24O4/c1-13(12-17(19)21-15-8-4-5-9-15)10-11-16(18)20-14-6-2-3-7-14/h10-12,14-15H,2-9H2,1H3/b11-10+,13-12-. The molecule has 0 aromatic carbocycles. The monoisotopic (exact) mass is 292 g/mol. The summed E-state index contributed by atoms with van der Waals surface area (Å²) >= 11 is 0. The van der Waals surface area contributed by atoms with Crippen molar-refractivity contribution in [3.63, 3.8) is 0 Å². The van der Waals surface area contributed by atoms with Gasteiger partial charge in [-0.25, -0.2) is 9.59 Å². The van der Waals surface area contributed by atoms with Crippen LogP contribution in [-0.2, 0) is 19.1 Å². The number of hydrogen-bond donors (Lipinski definition) is 0. The fourth-order valence-corrected chi connectivity index (χ4v) is 2.85. The highest BCUT2D eigenvalue weighted by Gasteiger charge is 2.19. The smallest absolute Gasteiger partial charge is 0.331 e. The summed E-state index contributed by atoms with van der Waals surface area (Å²) in [5.41, 5.74) is 0.696. The van der Waals surface area contributed by atoms with Crippen LogP contribution < -0.4 is 0 Å². The van der Waals surface area contributed by atoms with Crippen molar-refractivity contribution >= 4 is 11.9 Å². The Labute approximate surface area is 126 Å². The fraction of sp³-hybridized carbons (Fsp3) is 0.647. The Morgan fingerprint density at radius 1 is 0.810 bits per heavy atom. The highest BCUT2D eigenvalue weighted by molar-refractivity contribution is 5.85. The molecule has 0 radical (unpaired) electrons. The van der Waals surface area contributed by atoms with Crippen molar-refractivity contribution < 1.29 is 19.1 Å². The van der Waals surface area contributed by atoms with E-state index in [-0.39, 0.29) is 24.1 Å². The lowest BCUT2D eigenvalue weighted by molar-refractivity contribution is -0.143. The third-order valence-corrected chi connectivity index (χ3v) is 4.00. The average molecular weight is 292 g/mol. The average Bonchev–Trinajstić information content (AvgIpc) is 3.10. The Kier molecular flexibility index (Phi) is 6.03. The number of esters is 2. The molecule has 21 heavy (non-hydrogen) atoms. The van der Waals surface area contributed by atoms with E-state index in [1.54, 1.807) is 13.0 Å². The van der Waals surface area contributed by atoms with E-state index in [1.807, 2.05) is 0 Å². The van der Waals surface area contributed by atoms with Gasteiger partial charge in [-0.05, 0) is 63.9 Å². The molecule has 2 fully saturated rings.